The number of hydrogen-bond donors (Lipinski definition) is 3. The highest BCUT2D eigenvalue weighted by atomic mass is 19.2. The average Bonchev–Trinajstić information content (AvgIpc) is 2.33. The molecule has 110 valence electrons. The summed E-state index contributed by atoms with van der Waals surface area (Å²) in [4.78, 5) is 22.3. The molecule has 2 amide bonds. The molecule has 0 heterocycles. The lowest BCUT2D eigenvalue weighted by molar-refractivity contribution is -0.137. The molecule has 0 fully saturated rings. The second kappa shape index (κ2) is 7.42. The first-order valence-electron chi connectivity index (χ1n) is 6.16. The minimum atomic E-state index is -1.07. The molecular formula is C13H16F2N2O3. The number of urea groups is 1. The maximum Gasteiger partial charge on any atom is 0.319 e. The second-order valence-electron chi connectivity index (χ2n) is 4.31. The summed E-state index contributed by atoms with van der Waals surface area (Å²) in [6, 6.07) is 1.79. The van der Waals surface area contributed by atoms with Crippen molar-refractivity contribution in [3.63, 3.8) is 0 Å². The number of nitrogens with one attached hydrogen (secondary N) is 2. The Morgan fingerprint density at radius 1 is 1.30 bits per heavy atom. The van der Waals surface area contributed by atoms with Crippen molar-refractivity contribution in [2.24, 2.45) is 0 Å². The van der Waals surface area contributed by atoms with Gasteiger partial charge in [-0.2, -0.15) is 0 Å². The van der Waals surface area contributed by atoms with Crippen LogP contribution < -0.4 is 10.6 Å². The molecule has 1 atom stereocenters. The molecule has 5 nitrogen and oxygen atoms in total. The summed E-state index contributed by atoms with van der Waals surface area (Å²) in [5.41, 5.74) is 0.0898. The Balaban J connectivity index is 2.60. The lowest BCUT2D eigenvalue weighted by Crippen LogP contribution is -2.39. The number of halogens is 2. The van der Waals surface area contributed by atoms with Gasteiger partial charge in [0.15, 0.2) is 11.6 Å². The number of amides is 2. The summed E-state index contributed by atoms with van der Waals surface area (Å²) in [5, 5.41) is 13.5. The van der Waals surface area contributed by atoms with Crippen LogP contribution >= 0.6 is 0 Å². The van der Waals surface area contributed by atoms with E-state index in [4.69, 9.17) is 5.11 Å². The third-order valence-corrected chi connectivity index (χ3v) is 2.57. The van der Waals surface area contributed by atoms with Crippen molar-refractivity contribution in [1.82, 2.24) is 5.32 Å². The zero-order valence-electron chi connectivity index (χ0n) is 11.0. The lowest BCUT2D eigenvalue weighted by atomic mass is 10.1. The largest absolute Gasteiger partial charge is 0.481 e. The van der Waals surface area contributed by atoms with Crippen molar-refractivity contribution in [2.45, 2.75) is 32.2 Å². The fourth-order valence-corrected chi connectivity index (χ4v) is 1.71. The third-order valence-electron chi connectivity index (χ3n) is 2.57. The number of benzene rings is 1. The summed E-state index contributed by atoms with van der Waals surface area (Å²) < 4.78 is 25.7. The van der Waals surface area contributed by atoms with Crippen molar-refractivity contribution in [2.75, 3.05) is 5.32 Å². The Labute approximate surface area is 115 Å². The molecule has 7 heteroatoms. The SMILES string of the molecule is CCCC(CC(=O)O)NC(=O)Nc1ccc(F)c(F)c1. The molecule has 0 saturated heterocycles. The van der Waals surface area contributed by atoms with Crippen LogP contribution in [0.4, 0.5) is 19.3 Å². The van der Waals surface area contributed by atoms with Crippen molar-refractivity contribution in [3.05, 3.63) is 29.8 Å². The fraction of sp³-hybridized carbons (Fsp3) is 0.385. The Morgan fingerprint density at radius 2 is 2.00 bits per heavy atom. The van der Waals surface area contributed by atoms with Crippen LogP contribution in [-0.4, -0.2) is 23.1 Å². The Kier molecular flexibility index (Phi) is 5.89. The predicted octanol–water partition coefficient (Wildman–Crippen LogP) is 2.73. The number of carboxylic acid groups (broad SMARTS) is 1. The Hall–Kier alpha value is -2.18. The summed E-state index contributed by atoms with van der Waals surface area (Å²) >= 11 is 0. The molecule has 0 aliphatic carbocycles. The van der Waals surface area contributed by atoms with Gasteiger partial charge in [-0.25, -0.2) is 13.6 Å². The van der Waals surface area contributed by atoms with Gasteiger partial charge in [0.1, 0.15) is 0 Å². The molecule has 0 aliphatic heterocycles. The van der Waals surface area contributed by atoms with Crippen molar-refractivity contribution in [3.8, 4) is 0 Å². The van der Waals surface area contributed by atoms with Crippen LogP contribution in [-0.2, 0) is 4.79 Å². The molecule has 0 radical (unpaired) electrons. The fourth-order valence-electron chi connectivity index (χ4n) is 1.71. The van der Waals surface area contributed by atoms with Crippen molar-refractivity contribution < 1.29 is 23.5 Å². The normalized spacial score (nSPS) is 11.8. The highest BCUT2D eigenvalue weighted by Crippen LogP contribution is 2.13. The van der Waals surface area contributed by atoms with Gasteiger partial charge in [-0.1, -0.05) is 13.3 Å². The van der Waals surface area contributed by atoms with E-state index in [1.807, 2.05) is 6.92 Å². The molecule has 1 aromatic rings. The minimum Gasteiger partial charge on any atom is -0.481 e. The first kappa shape index (κ1) is 15.9. The number of rotatable bonds is 6. The first-order valence-corrected chi connectivity index (χ1v) is 6.16. The predicted molar refractivity (Wildman–Crippen MR) is 69.5 cm³/mol. The lowest BCUT2D eigenvalue weighted by Gasteiger charge is -2.16. The summed E-state index contributed by atoms with van der Waals surface area (Å²) in [5.74, 6) is -3.10. The summed E-state index contributed by atoms with van der Waals surface area (Å²) in [6.07, 6.45) is 1.03. The van der Waals surface area contributed by atoms with Crippen molar-refractivity contribution in [1.29, 1.82) is 0 Å². The molecule has 0 aromatic heterocycles. The van der Waals surface area contributed by atoms with Gasteiger partial charge in [-0.3, -0.25) is 4.79 Å². The smallest absolute Gasteiger partial charge is 0.319 e. The van der Waals surface area contributed by atoms with E-state index in [1.54, 1.807) is 0 Å². The standard InChI is InChI=1S/C13H16F2N2O3/c1-2-3-8(7-12(18)19)16-13(20)17-9-4-5-10(14)11(15)6-9/h4-6,8H,2-3,7H2,1H3,(H,18,19)(H2,16,17,20). The first-order chi connectivity index (χ1) is 9.42. The van der Waals surface area contributed by atoms with Crippen LogP contribution in [0.3, 0.4) is 0 Å². The van der Waals surface area contributed by atoms with E-state index in [-0.39, 0.29) is 12.1 Å². The van der Waals surface area contributed by atoms with Gasteiger partial charge in [0.2, 0.25) is 0 Å². The monoisotopic (exact) mass is 286 g/mol. The van der Waals surface area contributed by atoms with E-state index < -0.39 is 29.7 Å². The summed E-state index contributed by atoms with van der Waals surface area (Å²) in [7, 11) is 0. The van der Waals surface area contributed by atoms with Crippen LogP contribution in [0.15, 0.2) is 18.2 Å². The van der Waals surface area contributed by atoms with Gasteiger partial charge in [0, 0.05) is 17.8 Å². The number of carboxylic acids is 1. The topological polar surface area (TPSA) is 78.4 Å². The van der Waals surface area contributed by atoms with E-state index in [9.17, 15) is 18.4 Å². The van der Waals surface area contributed by atoms with Crippen molar-refractivity contribution >= 4 is 17.7 Å². The molecule has 0 spiro atoms. The van der Waals surface area contributed by atoms with Gasteiger partial charge in [0.05, 0.1) is 6.42 Å². The van der Waals surface area contributed by atoms with Gasteiger partial charge in [-0.15, -0.1) is 0 Å². The maximum absolute atomic E-state index is 13.0. The van der Waals surface area contributed by atoms with Crippen LogP contribution in [0.25, 0.3) is 0 Å². The molecule has 0 aliphatic rings. The molecule has 0 bridgehead atoms. The number of carbonyl (C=O) groups excluding carboxylic acids is 1. The minimum absolute atomic E-state index is 0.0898. The molecule has 1 unspecified atom stereocenters. The Morgan fingerprint density at radius 3 is 2.55 bits per heavy atom. The van der Waals surface area contributed by atoms with Crippen LogP contribution in [0.5, 0.6) is 0 Å². The molecule has 1 aromatic carbocycles. The van der Waals surface area contributed by atoms with Gasteiger partial charge in [0.25, 0.3) is 0 Å². The highest BCUT2D eigenvalue weighted by molar-refractivity contribution is 5.89. The van der Waals surface area contributed by atoms with Gasteiger partial charge in [-0.05, 0) is 18.6 Å². The zero-order chi connectivity index (χ0) is 15.1. The van der Waals surface area contributed by atoms with Gasteiger partial charge < -0.3 is 15.7 Å². The number of aliphatic carboxylic acids is 1. The van der Waals surface area contributed by atoms with E-state index in [0.29, 0.717) is 12.8 Å². The Bertz CT molecular complexity index is 495. The molecular weight excluding hydrogens is 270 g/mol. The van der Waals surface area contributed by atoms with E-state index in [0.717, 1.165) is 12.1 Å². The third kappa shape index (κ3) is 5.21. The average molecular weight is 286 g/mol. The quantitative estimate of drug-likeness (QED) is 0.752. The van der Waals surface area contributed by atoms with Gasteiger partial charge >= 0.3 is 12.0 Å². The van der Waals surface area contributed by atoms with E-state index in [2.05, 4.69) is 10.6 Å². The van der Waals surface area contributed by atoms with E-state index >= 15 is 0 Å². The molecule has 1 rings (SSSR count). The zero-order valence-corrected chi connectivity index (χ0v) is 11.0. The highest BCUT2D eigenvalue weighted by Gasteiger charge is 2.15. The summed E-state index contributed by atoms with van der Waals surface area (Å²) in [6.45, 7) is 1.86. The maximum atomic E-state index is 13.0. The van der Waals surface area contributed by atoms with Crippen LogP contribution in [0, 0.1) is 11.6 Å². The molecule has 3 N–H and O–H groups in total. The second-order valence-corrected chi connectivity index (χ2v) is 4.31. The van der Waals surface area contributed by atoms with Crippen LogP contribution in [0.1, 0.15) is 26.2 Å². The number of anilines is 1. The molecule has 0 saturated carbocycles. The number of hydrogen-bond acceptors (Lipinski definition) is 2. The van der Waals surface area contributed by atoms with E-state index in [1.165, 1.54) is 6.07 Å². The molecule has 20 heavy (non-hydrogen) atoms. The van der Waals surface area contributed by atoms with Crippen LogP contribution in [0.2, 0.25) is 0 Å². The number of carbonyl (C=O) groups is 2.